The van der Waals surface area contributed by atoms with Crippen LogP contribution in [0.15, 0.2) is 52.5 Å². The zero-order valence-electron chi connectivity index (χ0n) is 18.7. The van der Waals surface area contributed by atoms with Gasteiger partial charge in [-0.2, -0.15) is 23.3 Å². The van der Waals surface area contributed by atoms with E-state index in [4.69, 9.17) is 0 Å². The summed E-state index contributed by atoms with van der Waals surface area (Å²) in [5.41, 5.74) is -0.480. The molecule has 0 unspecified atom stereocenters. The number of fused-ring (bicyclic) bond motifs is 1. The lowest BCUT2D eigenvalue weighted by Crippen LogP contribution is -2.19. The zero-order chi connectivity index (χ0) is 24.7. The second kappa shape index (κ2) is 9.24. The van der Waals surface area contributed by atoms with Crippen LogP contribution in [0.1, 0.15) is 43.0 Å². The van der Waals surface area contributed by atoms with Crippen molar-refractivity contribution in [2.24, 2.45) is 4.99 Å². The number of aliphatic imine (C=N–C) groups is 1. The van der Waals surface area contributed by atoms with E-state index in [0.29, 0.717) is 10.4 Å². The number of carbonyl (C=O) groups is 1. The van der Waals surface area contributed by atoms with Crippen molar-refractivity contribution in [3.63, 3.8) is 0 Å². The van der Waals surface area contributed by atoms with Crippen LogP contribution in [0.3, 0.4) is 0 Å². The minimum atomic E-state index is -4.57. The van der Waals surface area contributed by atoms with Gasteiger partial charge in [-0.05, 0) is 60.6 Å². The molecule has 10 heteroatoms. The fourth-order valence-electron chi connectivity index (χ4n) is 3.57. The first-order valence-electron chi connectivity index (χ1n) is 10.5. The average Bonchev–Trinajstić information content (AvgIpc) is 3.29. The molecule has 0 fully saturated rings. The van der Waals surface area contributed by atoms with Crippen LogP contribution in [-0.2, 0) is 23.1 Å². The molecule has 2 aromatic carbocycles. The fraction of sp³-hybridized carbons (Fsp3) is 0.292. The molecule has 1 amide bonds. The Morgan fingerprint density at radius 1 is 1.18 bits per heavy atom. The number of amides is 1. The zero-order valence-corrected chi connectivity index (χ0v) is 20.3. The number of hydrogen-bond donors (Lipinski definition) is 1. The van der Waals surface area contributed by atoms with Crippen LogP contribution in [0, 0.1) is 0 Å². The van der Waals surface area contributed by atoms with Crippen LogP contribution in [0.5, 0.6) is 0 Å². The molecule has 34 heavy (non-hydrogen) atoms. The lowest BCUT2D eigenvalue weighted by molar-refractivity contribution is -0.138. The van der Waals surface area contributed by atoms with E-state index in [1.807, 2.05) is 13.0 Å². The Labute approximate surface area is 203 Å². The number of rotatable bonds is 5. The molecule has 0 radical (unpaired) electrons. The number of nitrogens with zero attached hydrogens (tertiary/aromatic N) is 3. The van der Waals surface area contributed by atoms with Crippen molar-refractivity contribution in [3.05, 3.63) is 69.8 Å². The Morgan fingerprint density at radius 3 is 2.62 bits per heavy atom. The maximum atomic E-state index is 13.8. The maximum absolute atomic E-state index is 13.8. The number of alkyl halides is 3. The molecule has 1 aromatic heterocycles. The highest BCUT2D eigenvalue weighted by molar-refractivity contribution is 8.41. The lowest BCUT2D eigenvalue weighted by atomic mass is 9.93. The summed E-state index contributed by atoms with van der Waals surface area (Å²) in [7, 11) is 0. The smallest absolute Gasteiger partial charge is 0.386 e. The predicted molar refractivity (Wildman–Crippen MR) is 132 cm³/mol. The second-order valence-corrected chi connectivity index (χ2v) is 10.8. The molecule has 0 saturated heterocycles. The first kappa shape index (κ1) is 24.6. The van der Waals surface area contributed by atoms with E-state index in [-0.39, 0.29) is 23.6 Å². The molecule has 0 saturated carbocycles. The summed E-state index contributed by atoms with van der Waals surface area (Å²) < 4.78 is 43.5. The molecule has 3 aromatic rings. The van der Waals surface area contributed by atoms with Crippen molar-refractivity contribution in [2.45, 2.75) is 39.1 Å². The molecule has 5 nitrogen and oxygen atoms in total. The van der Waals surface area contributed by atoms with Crippen molar-refractivity contribution in [1.82, 2.24) is 9.78 Å². The van der Waals surface area contributed by atoms with Gasteiger partial charge >= 0.3 is 6.18 Å². The van der Waals surface area contributed by atoms with Crippen molar-refractivity contribution < 1.29 is 23.1 Å². The van der Waals surface area contributed by atoms with Gasteiger partial charge in [0.15, 0.2) is 0 Å². The van der Waals surface area contributed by atoms with Crippen LogP contribution < -0.4 is 0 Å². The standard InChI is InChI=1S/C24H22F3N3O2S2/c1-4-33-22-29-21(31)20(34-22)10-14-5-8-19-16(9-14)12-28-30(19)13-15-6-7-17(23(2,3)32)11-18(15)24(25,26)27/h5-12,32H,4,13H2,1-3H3. The molecular weight excluding hydrogens is 483 g/mol. The average molecular weight is 506 g/mol. The van der Waals surface area contributed by atoms with Gasteiger partial charge in [-0.1, -0.05) is 48.6 Å². The Balaban J connectivity index is 1.63. The summed E-state index contributed by atoms with van der Waals surface area (Å²) in [5.74, 6) is 0.555. The summed E-state index contributed by atoms with van der Waals surface area (Å²) in [4.78, 5) is 16.7. The summed E-state index contributed by atoms with van der Waals surface area (Å²) in [6.07, 6.45) is -1.22. The van der Waals surface area contributed by atoms with Gasteiger partial charge in [-0.3, -0.25) is 9.48 Å². The first-order chi connectivity index (χ1) is 16.0. The Kier molecular flexibility index (Phi) is 6.67. The van der Waals surface area contributed by atoms with Crippen LogP contribution in [0.2, 0.25) is 0 Å². The summed E-state index contributed by atoms with van der Waals surface area (Å²) in [6.45, 7) is 4.81. The van der Waals surface area contributed by atoms with E-state index in [1.54, 1.807) is 24.4 Å². The van der Waals surface area contributed by atoms with Crippen molar-refractivity contribution in [2.75, 3.05) is 5.75 Å². The summed E-state index contributed by atoms with van der Waals surface area (Å²) >= 11 is 2.85. The van der Waals surface area contributed by atoms with Crippen molar-refractivity contribution in [3.8, 4) is 0 Å². The van der Waals surface area contributed by atoms with Crippen molar-refractivity contribution >= 4 is 50.8 Å². The van der Waals surface area contributed by atoms with E-state index in [0.717, 1.165) is 27.1 Å². The van der Waals surface area contributed by atoms with Crippen LogP contribution in [-0.4, -0.2) is 30.9 Å². The second-order valence-electron chi connectivity index (χ2n) is 8.28. The molecule has 0 aliphatic carbocycles. The van der Waals surface area contributed by atoms with Gasteiger partial charge in [-0.15, -0.1) is 0 Å². The van der Waals surface area contributed by atoms with Gasteiger partial charge in [0.05, 0.1) is 34.3 Å². The third-order valence-electron chi connectivity index (χ3n) is 5.27. The Bertz CT molecular complexity index is 1320. The minimum Gasteiger partial charge on any atom is -0.386 e. The van der Waals surface area contributed by atoms with Gasteiger partial charge in [0.1, 0.15) is 4.38 Å². The topological polar surface area (TPSA) is 67.5 Å². The summed E-state index contributed by atoms with van der Waals surface area (Å²) in [5, 5.41) is 15.2. The molecule has 2 heterocycles. The Hall–Kier alpha value is -2.56. The largest absolute Gasteiger partial charge is 0.416 e. The van der Waals surface area contributed by atoms with Crippen LogP contribution in [0.4, 0.5) is 13.2 Å². The van der Waals surface area contributed by atoms with Gasteiger partial charge in [0, 0.05) is 5.39 Å². The monoisotopic (exact) mass is 505 g/mol. The molecule has 0 atom stereocenters. The molecular formula is C24H22F3N3O2S2. The van der Waals surface area contributed by atoms with Crippen molar-refractivity contribution in [1.29, 1.82) is 0 Å². The highest BCUT2D eigenvalue weighted by atomic mass is 32.2. The molecule has 0 spiro atoms. The number of hydrogen-bond acceptors (Lipinski definition) is 5. The predicted octanol–water partition coefficient (Wildman–Crippen LogP) is 6.05. The Morgan fingerprint density at radius 2 is 1.94 bits per heavy atom. The number of carbonyl (C=O) groups excluding carboxylic acids is 1. The fourth-order valence-corrected chi connectivity index (χ4v) is 5.47. The van der Waals surface area contributed by atoms with E-state index in [2.05, 4.69) is 10.1 Å². The summed E-state index contributed by atoms with van der Waals surface area (Å²) in [6, 6.07) is 9.30. The molecule has 178 valence electrons. The SMILES string of the molecule is CCSC1=NC(=O)C(=Cc2ccc3c(cnn3Cc3ccc(C(C)(C)O)cc3C(F)(F)F)c2)S1. The molecule has 1 aliphatic heterocycles. The molecule has 1 aliphatic rings. The quantitative estimate of drug-likeness (QED) is 0.428. The third-order valence-corrected chi connectivity index (χ3v) is 7.28. The number of aromatic nitrogens is 2. The van der Waals surface area contributed by atoms with Gasteiger partial charge in [0.25, 0.3) is 5.91 Å². The lowest BCUT2D eigenvalue weighted by Gasteiger charge is -2.21. The van der Waals surface area contributed by atoms with E-state index in [1.165, 1.54) is 54.2 Å². The number of benzene rings is 2. The number of thioether (sulfide) groups is 2. The highest BCUT2D eigenvalue weighted by Crippen LogP contribution is 2.36. The minimum absolute atomic E-state index is 0.0581. The van der Waals surface area contributed by atoms with Crippen LogP contribution >= 0.6 is 23.5 Å². The van der Waals surface area contributed by atoms with Gasteiger partial charge in [-0.25, -0.2) is 0 Å². The van der Waals surface area contributed by atoms with E-state index in [9.17, 15) is 23.1 Å². The highest BCUT2D eigenvalue weighted by Gasteiger charge is 2.35. The number of aliphatic hydroxyl groups is 1. The molecule has 4 rings (SSSR count). The van der Waals surface area contributed by atoms with Gasteiger partial charge in [0.2, 0.25) is 0 Å². The maximum Gasteiger partial charge on any atom is 0.416 e. The first-order valence-corrected chi connectivity index (χ1v) is 12.3. The normalized spacial score (nSPS) is 16.0. The van der Waals surface area contributed by atoms with E-state index >= 15 is 0 Å². The van der Waals surface area contributed by atoms with Crippen LogP contribution in [0.25, 0.3) is 17.0 Å². The molecule has 0 bridgehead atoms. The van der Waals surface area contributed by atoms with Gasteiger partial charge < -0.3 is 5.11 Å². The molecule has 1 N–H and O–H groups in total. The van der Waals surface area contributed by atoms with E-state index < -0.39 is 17.3 Å². The third kappa shape index (κ3) is 5.24. The number of halogens is 3.